The topological polar surface area (TPSA) is 60.2 Å². The molecule has 0 radical (unpaired) electrons. The van der Waals surface area contributed by atoms with E-state index in [-0.39, 0.29) is 6.61 Å². The van der Waals surface area contributed by atoms with Gasteiger partial charge in [-0.1, -0.05) is 36.8 Å². The molecule has 0 fully saturated rings. The number of nitrogens with zero attached hydrogens (tertiary/aromatic N) is 3. The van der Waals surface area contributed by atoms with Gasteiger partial charge in [0.25, 0.3) is 0 Å². The van der Waals surface area contributed by atoms with E-state index in [9.17, 15) is 5.11 Å². The van der Waals surface area contributed by atoms with Gasteiger partial charge in [-0.05, 0) is 31.4 Å². The Bertz CT molecular complexity index is 561. The van der Waals surface area contributed by atoms with Crippen molar-refractivity contribution in [1.82, 2.24) is 15.0 Å². The molecule has 2 aromatic rings. The Balaban J connectivity index is 1.96. The van der Waals surface area contributed by atoms with E-state index in [0.717, 1.165) is 17.9 Å². The van der Waals surface area contributed by atoms with Crippen molar-refractivity contribution in [3.8, 4) is 5.75 Å². The molecule has 1 aromatic heterocycles. The minimum Gasteiger partial charge on any atom is -0.492 e. The Labute approximate surface area is 125 Å². The second-order valence-electron chi connectivity index (χ2n) is 5.62. The summed E-state index contributed by atoms with van der Waals surface area (Å²) in [6.45, 7) is 7.42. The summed E-state index contributed by atoms with van der Waals surface area (Å²) < 4.78 is 7.55. The smallest absolute Gasteiger partial charge is 0.119 e. The molecular weight excluding hydrogens is 266 g/mol. The number of aryl methyl sites for hydroxylation is 1. The Kier molecular flexibility index (Phi) is 5.33. The van der Waals surface area contributed by atoms with Gasteiger partial charge in [0.05, 0.1) is 18.8 Å². The normalized spacial score (nSPS) is 11.1. The Morgan fingerprint density at radius 1 is 1.24 bits per heavy atom. The van der Waals surface area contributed by atoms with Crippen LogP contribution in [0.15, 0.2) is 24.3 Å². The summed E-state index contributed by atoms with van der Waals surface area (Å²) in [5.41, 5.74) is 2.88. The molecule has 0 aliphatic rings. The first-order chi connectivity index (χ1) is 10.1. The van der Waals surface area contributed by atoms with E-state index in [1.165, 1.54) is 5.56 Å². The van der Waals surface area contributed by atoms with Crippen LogP contribution in [0.2, 0.25) is 0 Å². The number of hydrogen-bond donors (Lipinski definition) is 1. The van der Waals surface area contributed by atoms with E-state index in [0.29, 0.717) is 24.8 Å². The van der Waals surface area contributed by atoms with Crippen LogP contribution in [0.5, 0.6) is 5.75 Å². The standard InChI is InChI=1S/C16H23N3O2/c1-12(2)10-16-15(11-20)17-18-19(16)8-9-21-14-6-4-13(3)5-7-14/h4-7,12,20H,8-11H2,1-3H3. The molecule has 114 valence electrons. The van der Waals surface area contributed by atoms with Crippen LogP contribution in [-0.2, 0) is 19.6 Å². The fourth-order valence-corrected chi connectivity index (χ4v) is 2.17. The minimum atomic E-state index is -0.0686. The lowest BCUT2D eigenvalue weighted by molar-refractivity contribution is 0.273. The van der Waals surface area contributed by atoms with Crippen LogP contribution in [0, 0.1) is 12.8 Å². The van der Waals surface area contributed by atoms with Gasteiger partial charge in [-0.15, -0.1) is 5.10 Å². The molecule has 0 saturated heterocycles. The maximum atomic E-state index is 9.33. The largest absolute Gasteiger partial charge is 0.492 e. The van der Waals surface area contributed by atoms with E-state index < -0.39 is 0 Å². The van der Waals surface area contributed by atoms with Gasteiger partial charge in [0.15, 0.2) is 0 Å². The van der Waals surface area contributed by atoms with Crippen molar-refractivity contribution in [3.05, 3.63) is 41.2 Å². The van der Waals surface area contributed by atoms with Gasteiger partial charge >= 0.3 is 0 Å². The van der Waals surface area contributed by atoms with Crippen LogP contribution in [-0.4, -0.2) is 26.7 Å². The molecule has 0 saturated carbocycles. The number of aliphatic hydroxyl groups excluding tert-OH is 1. The van der Waals surface area contributed by atoms with Crippen molar-refractivity contribution >= 4 is 0 Å². The highest BCUT2D eigenvalue weighted by molar-refractivity contribution is 5.26. The van der Waals surface area contributed by atoms with Crippen LogP contribution < -0.4 is 4.74 Å². The van der Waals surface area contributed by atoms with Gasteiger partial charge < -0.3 is 9.84 Å². The van der Waals surface area contributed by atoms with E-state index >= 15 is 0 Å². The molecule has 0 atom stereocenters. The summed E-state index contributed by atoms with van der Waals surface area (Å²) >= 11 is 0. The van der Waals surface area contributed by atoms with Crippen LogP contribution in [0.1, 0.15) is 30.8 Å². The zero-order chi connectivity index (χ0) is 15.2. The van der Waals surface area contributed by atoms with Crippen molar-refractivity contribution < 1.29 is 9.84 Å². The SMILES string of the molecule is Cc1ccc(OCCn2nnc(CO)c2CC(C)C)cc1. The van der Waals surface area contributed by atoms with Gasteiger partial charge in [-0.2, -0.15) is 0 Å². The first-order valence-corrected chi connectivity index (χ1v) is 7.31. The highest BCUT2D eigenvalue weighted by Gasteiger charge is 2.13. The van der Waals surface area contributed by atoms with Gasteiger partial charge in [-0.25, -0.2) is 4.68 Å². The maximum absolute atomic E-state index is 9.33. The second kappa shape index (κ2) is 7.22. The molecule has 5 heteroatoms. The van der Waals surface area contributed by atoms with E-state index in [4.69, 9.17) is 4.74 Å². The number of aliphatic hydroxyl groups is 1. The Hall–Kier alpha value is -1.88. The van der Waals surface area contributed by atoms with Crippen molar-refractivity contribution in [3.63, 3.8) is 0 Å². The number of benzene rings is 1. The number of ether oxygens (including phenoxy) is 1. The van der Waals surface area contributed by atoms with Crippen LogP contribution in [0.3, 0.4) is 0 Å². The molecule has 0 spiro atoms. The van der Waals surface area contributed by atoms with Crippen LogP contribution >= 0.6 is 0 Å². The van der Waals surface area contributed by atoms with Gasteiger partial charge in [0.1, 0.15) is 18.1 Å². The highest BCUT2D eigenvalue weighted by Crippen LogP contribution is 2.14. The lowest BCUT2D eigenvalue weighted by Crippen LogP contribution is -2.14. The molecule has 1 aromatic carbocycles. The molecule has 0 aliphatic carbocycles. The molecule has 21 heavy (non-hydrogen) atoms. The molecule has 0 bridgehead atoms. The van der Waals surface area contributed by atoms with Crippen molar-refractivity contribution in [2.75, 3.05) is 6.61 Å². The predicted molar refractivity (Wildman–Crippen MR) is 81.2 cm³/mol. The third kappa shape index (κ3) is 4.29. The number of rotatable bonds is 7. The van der Waals surface area contributed by atoms with Crippen molar-refractivity contribution in [1.29, 1.82) is 0 Å². The summed E-state index contributed by atoms with van der Waals surface area (Å²) in [5, 5.41) is 17.5. The van der Waals surface area contributed by atoms with Crippen molar-refractivity contribution in [2.24, 2.45) is 5.92 Å². The summed E-state index contributed by atoms with van der Waals surface area (Å²) in [7, 11) is 0. The van der Waals surface area contributed by atoms with Gasteiger partial charge in [0.2, 0.25) is 0 Å². The lowest BCUT2D eigenvalue weighted by atomic mass is 10.1. The molecule has 1 heterocycles. The van der Waals surface area contributed by atoms with Crippen molar-refractivity contribution in [2.45, 2.75) is 40.3 Å². The molecular formula is C16H23N3O2. The summed E-state index contributed by atoms with van der Waals surface area (Å²) in [5.74, 6) is 1.35. The molecule has 2 rings (SSSR count). The fourth-order valence-electron chi connectivity index (χ4n) is 2.17. The molecule has 0 aliphatic heterocycles. The monoisotopic (exact) mass is 289 g/mol. The molecule has 0 unspecified atom stereocenters. The maximum Gasteiger partial charge on any atom is 0.119 e. The van der Waals surface area contributed by atoms with Crippen LogP contribution in [0.25, 0.3) is 0 Å². The fraction of sp³-hybridized carbons (Fsp3) is 0.500. The van der Waals surface area contributed by atoms with E-state index in [2.05, 4.69) is 24.2 Å². The first-order valence-electron chi connectivity index (χ1n) is 7.31. The van der Waals surface area contributed by atoms with E-state index in [1.807, 2.05) is 35.9 Å². The predicted octanol–water partition coefficient (Wildman–Crippen LogP) is 2.36. The van der Waals surface area contributed by atoms with Gasteiger partial charge in [-0.3, -0.25) is 0 Å². The zero-order valence-electron chi connectivity index (χ0n) is 12.9. The first kappa shape index (κ1) is 15.5. The highest BCUT2D eigenvalue weighted by atomic mass is 16.5. The number of hydrogen-bond acceptors (Lipinski definition) is 4. The minimum absolute atomic E-state index is 0.0686. The third-order valence-corrected chi connectivity index (χ3v) is 3.26. The third-order valence-electron chi connectivity index (χ3n) is 3.26. The van der Waals surface area contributed by atoms with E-state index in [1.54, 1.807) is 0 Å². The average Bonchev–Trinajstić information content (AvgIpc) is 2.83. The zero-order valence-corrected chi connectivity index (χ0v) is 12.9. The Morgan fingerprint density at radius 2 is 1.95 bits per heavy atom. The number of aromatic nitrogens is 3. The summed E-state index contributed by atoms with van der Waals surface area (Å²) in [4.78, 5) is 0. The molecule has 1 N–H and O–H groups in total. The average molecular weight is 289 g/mol. The molecule has 5 nitrogen and oxygen atoms in total. The Morgan fingerprint density at radius 3 is 2.57 bits per heavy atom. The summed E-state index contributed by atoms with van der Waals surface area (Å²) in [6.07, 6.45) is 0.855. The second-order valence-corrected chi connectivity index (χ2v) is 5.62. The summed E-state index contributed by atoms with van der Waals surface area (Å²) in [6, 6.07) is 7.98. The van der Waals surface area contributed by atoms with Crippen LogP contribution in [0.4, 0.5) is 0 Å². The lowest BCUT2D eigenvalue weighted by Gasteiger charge is -2.11. The quantitative estimate of drug-likeness (QED) is 0.850. The van der Waals surface area contributed by atoms with Gasteiger partial charge in [0, 0.05) is 0 Å². The molecule has 0 amide bonds.